The largest absolute Gasteiger partial charge is 0.467 e. The van der Waals surface area contributed by atoms with Crippen LogP contribution in [0.25, 0.3) is 10.2 Å². The predicted molar refractivity (Wildman–Crippen MR) is 112 cm³/mol. The highest BCUT2D eigenvalue weighted by molar-refractivity contribution is 7.98. The maximum absolute atomic E-state index is 13.2. The van der Waals surface area contributed by atoms with Crippen LogP contribution in [0.3, 0.4) is 0 Å². The van der Waals surface area contributed by atoms with Gasteiger partial charge in [-0.15, -0.1) is 11.3 Å². The highest BCUT2D eigenvalue weighted by Crippen LogP contribution is 2.30. The first-order valence-corrected chi connectivity index (χ1v) is 10.6. The highest BCUT2D eigenvalue weighted by Gasteiger charge is 2.17. The topological polar surface area (TPSA) is 48.0 Å². The average Bonchev–Trinajstić information content (AvgIpc) is 3.24. The molecule has 0 bridgehead atoms. The molecule has 0 aliphatic rings. The maximum atomic E-state index is 13.2. The Bertz CT molecular complexity index is 1160. The molecule has 138 valence electrons. The van der Waals surface area contributed by atoms with Crippen LogP contribution in [0.2, 0.25) is 5.02 Å². The molecule has 3 aromatic heterocycles. The zero-order chi connectivity index (χ0) is 19.0. The van der Waals surface area contributed by atoms with Gasteiger partial charge in [-0.05, 0) is 49.2 Å². The lowest BCUT2D eigenvalue weighted by molar-refractivity contribution is 0.476. The molecule has 0 amide bonds. The van der Waals surface area contributed by atoms with Gasteiger partial charge in [0, 0.05) is 15.7 Å². The van der Waals surface area contributed by atoms with E-state index in [9.17, 15) is 4.79 Å². The summed E-state index contributed by atoms with van der Waals surface area (Å²) in [6.45, 7) is 4.37. The SMILES string of the molecule is Cc1sc2nc(SCc3cccc(Cl)c3)n(Cc3ccco3)c(=O)c2c1C. The quantitative estimate of drug-likeness (QED) is 0.311. The Morgan fingerprint density at radius 1 is 1.26 bits per heavy atom. The molecule has 0 aliphatic heterocycles. The van der Waals surface area contributed by atoms with Crippen LogP contribution in [0.1, 0.15) is 21.8 Å². The van der Waals surface area contributed by atoms with Crippen LogP contribution in [0, 0.1) is 13.8 Å². The van der Waals surface area contributed by atoms with Crippen LogP contribution >= 0.6 is 34.7 Å². The molecule has 0 unspecified atom stereocenters. The molecule has 0 atom stereocenters. The number of aryl methyl sites for hydroxylation is 2. The van der Waals surface area contributed by atoms with Crippen molar-refractivity contribution in [1.82, 2.24) is 9.55 Å². The molecule has 0 N–H and O–H groups in total. The van der Waals surface area contributed by atoms with E-state index in [2.05, 4.69) is 0 Å². The molecule has 0 radical (unpaired) electrons. The van der Waals surface area contributed by atoms with Crippen molar-refractivity contribution >= 4 is 44.9 Å². The second-order valence-electron chi connectivity index (χ2n) is 6.25. The third kappa shape index (κ3) is 3.70. The Morgan fingerprint density at radius 3 is 2.85 bits per heavy atom. The molecular weight excluding hydrogens is 400 g/mol. The van der Waals surface area contributed by atoms with E-state index >= 15 is 0 Å². The van der Waals surface area contributed by atoms with Crippen LogP contribution in [0.4, 0.5) is 0 Å². The Morgan fingerprint density at radius 2 is 2.11 bits per heavy atom. The highest BCUT2D eigenvalue weighted by atomic mass is 35.5. The molecule has 4 aromatic rings. The summed E-state index contributed by atoms with van der Waals surface area (Å²) in [6, 6.07) is 11.4. The fourth-order valence-electron chi connectivity index (χ4n) is 2.89. The zero-order valence-corrected chi connectivity index (χ0v) is 17.2. The standard InChI is InChI=1S/C20H17ClN2O2S2/c1-12-13(2)27-18-17(12)19(24)23(10-16-7-4-8-25-16)20(22-18)26-11-14-5-3-6-15(21)9-14/h3-9H,10-11H2,1-2H3. The fourth-order valence-corrected chi connectivity index (χ4v) is 5.12. The normalized spacial score (nSPS) is 11.4. The number of hydrogen-bond acceptors (Lipinski definition) is 5. The molecule has 4 rings (SSSR count). The van der Waals surface area contributed by atoms with Gasteiger partial charge in [0.1, 0.15) is 10.6 Å². The van der Waals surface area contributed by atoms with Gasteiger partial charge >= 0.3 is 0 Å². The maximum Gasteiger partial charge on any atom is 0.263 e. The van der Waals surface area contributed by atoms with E-state index in [1.165, 1.54) is 11.8 Å². The van der Waals surface area contributed by atoms with Crippen molar-refractivity contribution in [1.29, 1.82) is 0 Å². The van der Waals surface area contributed by atoms with Gasteiger partial charge in [-0.3, -0.25) is 9.36 Å². The molecule has 1 aromatic carbocycles. The van der Waals surface area contributed by atoms with Crippen LogP contribution in [-0.4, -0.2) is 9.55 Å². The molecule has 27 heavy (non-hydrogen) atoms. The van der Waals surface area contributed by atoms with Gasteiger partial charge in [0.25, 0.3) is 5.56 Å². The first-order valence-electron chi connectivity index (χ1n) is 8.43. The second kappa shape index (κ2) is 7.54. The first-order chi connectivity index (χ1) is 13.0. The van der Waals surface area contributed by atoms with Gasteiger partial charge in [0.05, 0.1) is 18.2 Å². The monoisotopic (exact) mass is 416 g/mol. The minimum absolute atomic E-state index is 0.0214. The number of rotatable bonds is 5. The average molecular weight is 417 g/mol. The molecule has 0 saturated carbocycles. The van der Waals surface area contributed by atoms with Crippen molar-refractivity contribution < 1.29 is 4.42 Å². The van der Waals surface area contributed by atoms with Crippen molar-refractivity contribution in [2.75, 3.05) is 0 Å². The van der Waals surface area contributed by atoms with Crippen molar-refractivity contribution in [3.8, 4) is 0 Å². The van der Waals surface area contributed by atoms with Crippen LogP contribution in [-0.2, 0) is 12.3 Å². The molecule has 0 saturated heterocycles. The number of nitrogens with zero attached hydrogens (tertiary/aromatic N) is 2. The summed E-state index contributed by atoms with van der Waals surface area (Å²) in [4.78, 5) is 19.9. The van der Waals surface area contributed by atoms with E-state index in [1.807, 2.05) is 50.2 Å². The molecular formula is C20H17ClN2O2S2. The Labute approximate surface area is 169 Å². The summed E-state index contributed by atoms with van der Waals surface area (Å²) in [5, 5.41) is 2.09. The van der Waals surface area contributed by atoms with Crippen molar-refractivity contribution in [2.45, 2.75) is 31.3 Å². The van der Waals surface area contributed by atoms with Gasteiger partial charge in [-0.2, -0.15) is 0 Å². The van der Waals surface area contributed by atoms with Crippen LogP contribution < -0.4 is 5.56 Å². The van der Waals surface area contributed by atoms with Crippen molar-refractivity contribution in [3.05, 3.63) is 79.8 Å². The summed E-state index contributed by atoms with van der Waals surface area (Å²) in [6.07, 6.45) is 1.62. The van der Waals surface area contributed by atoms with E-state index < -0.39 is 0 Å². The zero-order valence-electron chi connectivity index (χ0n) is 14.9. The molecule has 0 spiro atoms. The van der Waals surface area contributed by atoms with E-state index in [1.54, 1.807) is 22.2 Å². The third-order valence-electron chi connectivity index (χ3n) is 4.40. The number of hydrogen-bond donors (Lipinski definition) is 0. The van der Waals surface area contributed by atoms with E-state index in [0.29, 0.717) is 27.9 Å². The smallest absolute Gasteiger partial charge is 0.263 e. The van der Waals surface area contributed by atoms with E-state index in [4.69, 9.17) is 21.0 Å². The van der Waals surface area contributed by atoms with Crippen LogP contribution in [0.15, 0.2) is 57.0 Å². The minimum Gasteiger partial charge on any atom is -0.467 e. The van der Waals surface area contributed by atoms with Gasteiger partial charge in [0.15, 0.2) is 5.16 Å². The summed E-state index contributed by atoms with van der Waals surface area (Å²) in [5.41, 5.74) is 2.07. The third-order valence-corrected chi connectivity index (χ3v) is 6.79. The van der Waals surface area contributed by atoms with Gasteiger partial charge < -0.3 is 4.42 Å². The lowest BCUT2D eigenvalue weighted by atomic mass is 10.2. The van der Waals surface area contributed by atoms with Gasteiger partial charge in [-0.25, -0.2) is 4.98 Å². The molecule has 3 heterocycles. The fraction of sp³-hybridized carbons (Fsp3) is 0.200. The molecule has 4 nitrogen and oxygen atoms in total. The van der Waals surface area contributed by atoms with Gasteiger partial charge in [-0.1, -0.05) is 35.5 Å². The van der Waals surface area contributed by atoms with Gasteiger partial charge in [0.2, 0.25) is 0 Å². The number of thiophene rings is 1. The number of furan rings is 1. The Hall–Kier alpha value is -2.02. The van der Waals surface area contributed by atoms with E-state index in [0.717, 1.165) is 26.6 Å². The van der Waals surface area contributed by atoms with Crippen molar-refractivity contribution in [3.63, 3.8) is 0 Å². The first kappa shape index (κ1) is 18.3. The number of thioether (sulfide) groups is 1. The molecule has 0 aliphatic carbocycles. The summed E-state index contributed by atoms with van der Waals surface area (Å²) in [5.74, 6) is 1.41. The lowest BCUT2D eigenvalue weighted by Crippen LogP contribution is -2.23. The molecule has 7 heteroatoms. The van der Waals surface area contributed by atoms with Crippen molar-refractivity contribution in [2.24, 2.45) is 0 Å². The Kier molecular flexibility index (Phi) is 5.12. The lowest BCUT2D eigenvalue weighted by Gasteiger charge is -2.11. The number of fused-ring (bicyclic) bond motifs is 1. The predicted octanol–water partition coefficient (Wildman–Crippen LogP) is 5.66. The minimum atomic E-state index is -0.0214. The second-order valence-corrected chi connectivity index (χ2v) is 8.83. The Balaban J connectivity index is 1.78. The summed E-state index contributed by atoms with van der Waals surface area (Å²) < 4.78 is 7.17. The number of benzene rings is 1. The number of halogens is 1. The molecule has 0 fully saturated rings. The van der Waals surface area contributed by atoms with E-state index in [-0.39, 0.29) is 5.56 Å². The number of aromatic nitrogens is 2. The summed E-state index contributed by atoms with van der Waals surface area (Å²) in [7, 11) is 0. The summed E-state index contributed by atoms with van der Waals surface area (Å²) >= 11 is 9.18. The van der Waals surface area contributed by atoms with Crippen LogP contribution in [0.5, 0.6) is 0 Å².